The second kappa shape index (κ2) is 10.8. The molecule has 0 aliphatic heterocycles. The number of carbonyl (C=O) groups excluding carboxylic acids is 2. The second-order valence-corrected chi connectivity index (χ2v) is 9.02. The molecule has 4 rings (SSSR count). The number of halogens is 1. The number of nitrogens with one attached hydrogen (secondary N) is 1. The molecule has 1 amide bonds. The van der Waals surface area contributed by atoms with E-state index in [-0.39, 0.29) is 47.2 Å². The van der Waals surface area contributed by atoms with E-state index in [0.717, 1.165) is 5.56 Å². The third-order valence-electron chi connectivity index (χ3n) is 6.72. The van der Waals surface area contributed by atoms with Gasteiger partial charge in [0.1, 0.15) is 24.0 Å². The summed E-state index contributed by atoms with van der Waals surface area (Å²) in [5.41, 5.74) is 2.01. The molecule has 1 saturated carbocycles. The van der Waals surface area contributed by atoms with E-state index in [1.165, 1.54) is 23.5 Å². The molecule has 188 valence electrons. The van der Waals surface area contributed by atoms with E-state index in [9.17, 15) is 19.1 Å². The molecule has 1 fully saturated rings. The minimum atomic E-state index is -1.17. The first-order chi connectivity index (χ1) is 17.3. The molecular weight excluding hydrogens is 463 g/mol. The fourth-order valence-electron chi connectivity index (χ4n) is 4.49. The van der Waals surface area contributed by atoms with Gasteiger partial charge in [-0.1, -0.05) is 25.6 Å². The second-order valence-electron chi connectivity index (χ2n) is 9.02. The molecule has 0 saturated heterocycles. The SMILES string of the molecule is C=CC(=O)N(C)c1cccc(Cn2ccc(C(=O)c3cncnc3N[C@@H]3C[C@H](CO)[C@@H](C)[C@@H]3F)n2)c1. The van der Waals surface area contributed by atoms with Crippen LogP contribution in [0.15, 0.2) is 61.7 Å². The van der Waals surface area contributed by atoms with Crippen molar-refractivity contribution < 1.29 is 19.1 Å². The third kappa shape index (κ3) is 5.18. The Morgan fingerprint density at radius 1 is 1.36 bits per heavy atom. The van der Waals surface area contributed by atoms with Crippen LogP contribution in [0.4, 0.5) is 15.9 Å². The highest BCUT2D eigenvalue weighted by molar-refractivity contribution is 6.10. The smallest absolute Gasteiger partial charge is 0.250 e. The number of aliphatic hydroxyl groups excluding tert-OH is 1. The first kappa shape index (κ1) is 25.2. The number of aromatic nitrogens is 4. The number of likely N-dealkylation sites (N-methyl/N-ethyl adjacent to an activating group) is 1. The van der Waals surface area contributed by atoms with Gasteiger partial charge in [-0.15, -0.1) is 0 Å². The maximum absolute atomic E-state index is 14.8. The largest absolute Gasteiger partial charge is 0.396 e. The predicted octanol–water partition coefficient (Wildman–Crippen LogP) is 2.87. The lowest BCUT2D eigenvalue weighted by Crippen LogP contribution is -2.29. The molecule has 0 bridgehead atoms. The Morgan fingerprint density at radius 2 is 2.17 bits per heavy atom. The van der Waals surface area contributed by atoms with Gasteiger partial charge >= 0.3 is 0 Å². The van der Waals surface area contributed by atoms with E-state index >= 15 is 0 Å². The summed E-state index contributed by atoms with van der Waals surface area (Å²) in [6.07, 6.45) is 4.90. The Bertz CT molecular complexity index is 1260. The summed E-state index contributed by atoms with van der Waals surface area (Å²) < 4.78 is 16.4. The number of hydrogen-bond donors (Lipinski definition) is 2. The zero-order valence-electron chi connectivity index (χ0n) is 20.2. The highest BCUT2D eigenvalue weighted by Crippen LogP contribution is 2.36. The van der Waals surface area contributed by atoms with Gasteiger partial charge in [0.25, 0.3) is 0 Å². The maximum atomic E-state index is 14.8. The summed E-state index contributed by atoms with van der Waals surface area (Å²) in [6, 6.07) is 8.48. The van der Waals surface area contributed by atoms with Crippen LogP contribution in [0.1, 0.15) is 35.0 Å². The number of benzene rings is 1. The molecule has 0 radical (unpaired) electrons. The molecule has 2 N–H and O–H groups in total. The van der Waals surface area contributed by atoms with Crippen LogP contribution >= 0.6 is 0 Å². The van der Waals surface area contributed by atoms with Crippen molar-refractivity contribution in [2.24, 2.45) is 11.8 Å². The van der Waals surface area contributed by atoms with E-state index in [0.29, 0.717) is 18.7 Å². The number of rotatable bonds is 9. The Morgan fingerprint density at radius 3 is 2.89 bits per heavy atom. The normalized spacial score (nSPS) is 21.2. The van der Waals surface area contributed by atoms with Gasteiger partial charge in [0.2, 0.25) is 11.7 Å². The van der Waals surface area contributed by atoms with Crippen LogP contribution in [0.3, 0.4) is 0 Å². The summed E-state index contributed by atoms with van der Waals surface area (Å²) in [5.74, 6) is -0.806. The highest BCUT2D eigenvalue weighted by Gasteiger charge is 2.41. The van der Waals surface area contributed by atoms with E-state index < -0.39 is 12.2 Å². The summed E-state index contributed by atoms with van der Waals surface area (Å²) in [7, 11) is 1.67. The van der Waals surface area contributed by atoms with Crippen LogP contribution in [0.25, 0.3) is 0 Å². The summed E-state index contributed by atoms with van der Waals surface area (Å²) >= 11 is 0. The van der Waals surface area contributed by atoms with Gasteiger partial charge in [-0.3, -0.25) is 14.3 Å². The number of carbonyl (C=O) groups is 2. The molecule has 1 aliphatic carbocycles. The Balaban J connectivity index is 1.49. The lowest BCUT2D eigenvalue weighted by Gasteiger charge is -2.18. The zero-order chi connectivity index (χ0) is 25.8. The molecule has 1 aliphatic rings. The lowest BCUT2D eigenvalue weighted by molar-refractivity contribution is -0.113. The van der Waals surface area contributed by atoms with Crippen LogP contribution in [-0.4, -0.2) is 62.4 Å². The molecular formula is C26H29FN6O3. The van der Waals surface area contributed by atoms with E-state index in [1.54, 1.807) is 30.9 Å². The van der Waals surface area contributed by atoms with E-state index in [2.05, 4.69) is 27.0 Å². The van der Waals surface area contributed by atoms with Crippen molar-refractivity contribution in [3.63, 3.8) is 0 Å². The molecule has 0 unspecified atom stereocenters. The van der Waals surface area contributed by atoms with Crippen LogP contribution in [0.5, 0.6) is 0 Å². The standard InChI is InChI=1S/C26H29FN6O3/c1-4-23(35)32(3)19-7-5-6-17(10-19)13-33-9-8-21(31-33)25(36)20-12-28-15-29-26(20)30-22-11-18(14-34)16(2)24(22)27/h4-10,12,15-16,18,22,24,34H,1,11,13-14H2,2-3H3,(H,28,29,30)/t16-,18-,22-,24+/m1/s1. The van der Waals surface area contributed by atoms with E-state index in [4.69, 9.17) is 0 Å². The van der Waals surface area contributed by atoms with Crippen molar-refractivity contribution >= 4 is 23.2 Å². The summed E-state index contributed by atoms with van der Waals surface area (Å²) in [4.78, 5) is 34.8. The van der Waals surface area contributed by atoms with Crippen molar-refractivity contribution in [3.8, 4) is 0 Å². The van der Waals surface area contributed by atoms with Crippen molar-refractivity contribution in [2.45, 2.75) is 32.1 Å². The molecule has 36 heavy (non-hydrogen) atoms. The lowest BCUT2D eigenvalue weighted by atomic mass is 9.99. The van der Waals surface area contributed by atoms with Crippen LogP contribution in [0.2, 0.25) is 0 Å². The maximum Gasteiger partial charge on any atom is 0.250 e. The van der Waals surface area contributed by atoms with Gasteiger partial charge in [0.05, 0.1) is 18.2 Å². The molecule has 1 aromatic carbocycles. The fourth-order valence-corrected chi connectivity index (χ4v) is 4.49. The minimum Gasteiger partial charge on any atom is -0.396 e. The Kier molecular flexibility index (Phi) is 7.54. The minimum absolute atomic E-state index is 0.0868. The van der Waals surface area contributed by atoms with Crippen LogP contribution < -0.4 is 10.2 Å². The number of amides is 1. The molecule has 0 spiro atoms. The molecule has 2 aromatic heterocycles. The highest BCUT2D eigenvalue weighted by atomic mass is 19.1. The van der Waals surface area contributed by atoms with Gasteiger partial charge < -0.3 is 15.3 Å². The molecule has 4 atom stereocenters. The zero-order valence-corrected chi connectivity index (χ0v) is 20.2. The molecule has 10 heteroatoms. The quantitative estimate of drug-likeness (QED) is 0.349. The van der Waals surface area contributed by atoms with Gasteiger partial charge in [0, 0.05) is 31.7 Å². The Hall–Kier alpha value is -3.92. The average molecular weight is 493 g/mol. The van der Waals surface area contributed by atoms with Crippen LogP contribution in [0, 0.1) is 11.8 Å². The fraction of sp³-hybridized carbons (Fsp3) is 0.346. The first-order valence-electron chi connectivity index (χ1n) is 11.7. The van der Waals surface area contributed by atoms with E-state index in [1.807, 2.05) is 24.3 Å². The van der Waals surface area contributed by atoms with Crippen molar-refractivity contribution in [1.82, 2.24) is 19.7 Å². The third-order valence-corrected chi connectivity index (χ3v) is 6.72. The number of hydrogen-bond acceptors (Lipinski definition) is 7. The molecule has 2 heterocycles. The average Bonchev–Trinajstić information content (AvgIpc) is 3.47. The first-order valence-corrected chi connectivity index (χ1v) is 11.7. The topological polar surface area (TPSA) is 113 Å². The monoisotopic (exact) mass is 492 g/mol. The van der Waals surface area contributed by atoms with Crippen molar-refractivity contribution in [1.29, 1.82) is 0 Å². The number of aliphatic hydroxyl groups is 1. The number of ketones is 1. The van der Waals surface area contributed by atoms with Gasteiger partial charge in [-0.05, 0) is 48.1 Å². The van der Waals surface area contributed by atoms with Crippen LogP contribution in [-0.2, 0) is 11.3 Å². The Labute approximate surface area is 208 Å². The molecule has 9 nitrogen and oxygen atoms in total. The number of nitrogens with zero attached hydrogens (tertiary/aromatic N) is 5. The van der Waals surface area contributed by atoms with Crippen molar-refractivity contribution in [2.75, 3.05) is 23.9 Å². The predicted molar refractivity (Wildman–Crippen MR) is 134 cm³/mol. The summed E-state index contributed by atoms with van der Waals surface area (Å²) in [5, 5.41) is 17.0. The van der Waals surface area contributed by atoms with Gasteiger partial charge in [0.15, 0.2) is 0 Å². The van der Waals surface area contributed by atoms with Gasteiger partial charge in [-0.2, -0.15) is 5.10 Å². The van der Waals surface area contributed by atoms with Gasteiger partial charge in [-0.25, -0.2) is 14.4 Å². The van der Waals surface area contributed by atoms with Crippen molar-refractivity contribution in [3.05, 3.63) is 78.5 Å². The molecule has 3 aromatic rings. The summed E-state index contributed by atoms with van der Waals surface area (Å²) in [6.45, 7) is 5.59. The number of anilines is 2. The number of alkyl halides is 1.